The molecule has 2 rings (SSSR count). The number of aryl methyl sites for hydroxylation is 2. The maximum absolute atomic E-state index is 13.1. The van der Waals surface area contributed by atoms with Crippen LogP contribution in [0.5, 0.6) is 5.75 Å². The number of nitrogen functional groups attached to an aromatic ring is 1. The Kier molecular flexibility index (Phi) is 3.61. The van der Waals surface area contributed by atoms with E-state index in [1.165, 1.54) is 0 Å². The van der Waals surface area contributed by atoms with Crippen LogP contribution < -0.4 is 11.1 Å². The van der Waals surface area contributed by atoms with Crippen molar-refractivity contribution in [2.45, 2.75) is 13.8 Å². The van der Waals surface area contributed by atoms with Crippen molar-refractivity contribution < 1.29 is 14.3 Å². The number of hydrogen-bond acceptors (Lipinski definition) is 3. The Morgan fingerprint density at radius 1 is 1.20 bits per heavy atom. The second-order valence-electron chi connectivity index (χ2n) is 4.64. The molecule has 0 aliphatic rings. The van der Waals surface area contributed by atoms with Gasteiger partial charge in [0.05, 0.1) is 5.56 Å². The molecule has 4 N–H and O–H groups in total. The van der Waals surface area contributed by atoms with Crippen LogP contribution in [0.3, 0.4) is 0 Å². The van der Waals surface area contributed by atoms with Crippen LogP contribution >= 0.6 is 0 Å². The molecule has 1 amide bonds. The average molecular weight is 274 g/mol. The fourth-order valence-electron chi connectivity index (χ4n) is 1.85. The summed E-state index contributed by atoms with van der Waals surface area (Å²) >= 11 is 0. The molecule has 0 atom stereocenters. The molecule has 0 unspecified atom stereocenters. The maximum atomic E-state index is 13.1. The van der Waals surface area contributed by atoms with Gasteiger partial charge in [-0.1, -0.05) is 0 Å². The highest BCUT2D eigenvalue weighted by Crippen LogP contribution is 2.24. The Morgan fingerprint density at radius 2 is 1.90 bits per heavy atom. The van der Waals surface area contributed by atoms with E-state index in [9.17, 15) is 14.3 Å². The highest BCUT2D eigenvalue weighted by atomic mass is 19.1. The molecule has 0 aromatic heterocycles. The molecule has 0 saturated carbocycles. The third kappa shape index (κ3) is 2.71. The molecule has 0 fully saturated rings. The Hall–Kier alpha value is -2.56. The van der Waals surface area contributed by atoms with Crippen LogP contribution in [-0.2, 0) is 0 Å². The number of phenolic OH excluding ortho intramolecular Hbond substituents is 1. The average Bonchev–Trinajstić information content (AvgIpc) is 2.38. The minimum absolute atomic E-state index is 0.112. The van der Waals surface area contributed by atoms with Crippen molar-refractivity contribution in [1.29, 1.82) is 0 Å². The number of halogens is 1. The molecule has 0 aliphatic carbocycles. The second-order valence-corrected chi connectivity index (χ2v) is 4.64. The van der Waals surface area contributed by atoms with Gasteiger partial charge in [0.2, 0.25) is 0 Å². The van der Waals surface area contributed by atoms with Crippen LogP contribution in [0.2, 0.25) is 0 Å². The molecular weight excluding hydrogens is 259 g/mol. The minimum Gasteiger partial charge on any atom is -0.507 e. The molecule has 4 nitrogen and oxygen atoms in total. The van der Waals surface area contributed by atoms with Crippen molar-refractivity contribution in [1.82, 2.24) is 0 Å². The summed E-state index contributed by atoms with van der Waals surface area (Å²) in [5.41, 5.74) is 8.49. The first-order chi connectivity index (χ1) is 9.38. The largest absolute Gasteiger partial charge is 0.507 e. The summed E-state index contributed by atoms with van der Waals surface area (Å²) in [5, 5.41) is 12.2. The topological polar surface area (TPSA) is 75.3 Å². The van der Waals surface area contributed by atoms with Crippen molar-refractivity contribution in [3.05, 3.63) is 52.8 Å². The quantitative estimate of drug-likeness (QED) is 0.737. The van der Waals surface area contributed by atoms with Crippen LogP contribution in [0, 0.1) is 19.7 Å². The number of phenols is 1. The van der Waals surface area contributed by atoms with Crippen LogP contribution in [0.1, 0.15) is 21.5 Å². The van der Waals surface area contributed by atoms with E-state index in [1.807, 2.05) is 6.92 Å². The number of nitrogens with one attached hydrogen (secondary N) is 1. The zero-order chi connectivity index (χ0) is 14.9. The molecular formula is C15H15FN2O2. The summed E-state index contributed by atoms with van der Waals surface area (Å²) < 4.78 is 13.1. The minimum atomic E-state index is -0.585. The fraction of sp³-hybridized carbons (Fsp3) is 0.133. The Labute approximate surface area is 116 Å². The van der Waals surface area contributed by atoms with E-state index in [-0.39, 0.29) is 11.3 Å². The van der Waals surface area contributed by atoms with Crippen LogP contribution in [0.25, 0.3) is 0 Å². The van der Waals surface area contributed by atoms with E-state index in [1.54, 1.807) is 19.1 Å². The van der Waals surface area contributed by atoms with Gasteiger partial charge >= 0.3 is 0 Å². The van der Waals surface area contributed by atoms with E-state index in [0.29, 0.717) is 11.4 Å². The Bertz CT molecular complexity index is 684. The van der Waals surface area contributed by atoms with Crippen molar-refractivity contribution in [2.75, 3.05) is 11.1 Å². The first-order valence-corrected chi connectivity index (χ1v) is 6.05. The van der Waals surface area contributed by atoms with Crippen molar-refractivity contribution in [2.24, 2.45) is 0 Å². The standard InChI is InChI=1S/C15H15FN2O2/c1-8-6-13(9(2)5-12(8)17)18-15(20)11-7-10(16)3-4-14(11)19/h3-7,19H,17H2,1-2H3,(H,18,20). The summed E-state index contributed by atoms with van der Waals surface area (Å²) in [6.07, 6.45) is 0. The van der Waals surface area contributed by atoms with E-state index in [0.717, 1.165) is 29.3 Å². The monoisotopic (exact) mass is 274 g/mol. The van der Waals surface area contributed by atoms with Gasteiger partial charge in [0.1, 0.15) is 11.6 Å². The SMILES string of the molecule is Cc1cc(NC(=O)c2cc(F)ccc2O)c(C)cc1N. The molecule has 0 heterocycles. The molecule has 104 valence electrons. The molecule has 0 aliphatic heterocycles. The predicted molar refractivity (Wildman–Crippen MR) is 76.3 cm³/mol. The molecule has 5 heteroatoms. The van der Waals surface area contributed by atoms with Gasteiger partial charge in [0.15, 0.2) is 0 Å². The van der Waals surface area contributed by atoms with Crippen molar-refractivity contribution in [3.8, 4) is 5.75 Å². The highest BCUT2D eigenvalue weighted by molar-refractivity contribution is 6.06. The molecule has 2 aromatic carbocycles. The molecule has 0 radical (unpaired) electrons. The number of nitrogens with two attached hydrogens (primary N) is 1. The van der Waals surface area contributed by atoms with E-state index >= 15 is 0 Å². The Balaban J connectivity index is 2.32. The molecule has 20 heavy (non-hydrogen) atoms. The van der Waals surface area contributed by atoms with Gasteiger partial charge in [-0.25, -0.2) is 4.39 Å². The zero-order valence-corrected chi connectivity index (χ0v) is 11.2. The van der Waals surface area contributed by atoms with Gasteiger partial charge in [-0.3, -0.25) is 4.79 Å². The fourth-order valence-corrected chi connectivity index (χ4v) is 1.85. The summed E-state index contributed by atoms with van der Waals surface area (Å²) in [6.45, 7) is 3.63. The number of rotatable bonds is 2. The van der Waals surface area contributed by atoms with Gasteiger partial charge < -0.3 is 16.2 Å². The van der Waals surface area contributed by atoms with Gasteiger partial charge in [-0.05, 0) is 55.3 Å². The van der Waals surface area contributed by atoms with Gasteiger partial charge in [0, 0.05) is 11.4 Å². The van der Waals surface area contributed by atoms with Crippen LogP contribution in [-0.4, -0.2) is 11.0 Å². The molecule has 2 aromatic rings. The number of carbonyl (C=O) groups is 1. The van der Waals surface area contributed by atoms with E-state index < -0.39 is 11.7 Å². The maximum Gasteiger partial charge on any atom is 0.259 e. The molecule has 0 saturated heterocycles. The van der Waals surface area contributed by atoms with Gasteiger partial charge in [-0.15, -0.1) is 0 Å². The Morgan fingerprint density at radius 3 is 2.60 bits per heavy atom. The molecule has 0 bridgehead atoms. The number of aromatic hydroxyl groups is 1. The van der Waals surface area contributed by atoms with Crippen LogP contribution in [0.15, 0.2) is 30.3 Å². The zero-order valence-electron chi connectivity index (χ0n) is 11.2. The summed E-state index contributed by atoms with van der Waals surface area (Å²) in [6, 6.07) is 6.70. The highest BCUT2D eigenvalue weighted by Gasteiger charge is 2.14. The first-order valence-electron chi connectivity index (χ1n) is 6.05. The van der Waals surface area contributed by atoms with Gasteiger partial charge in [0.25, 0.3) is 5.91 Å². The van der Waals surface area contributed by atoms with E-state index in [2.05, 4.69) is 5.32 Å². The lowest BCUT2D eigenvalue weighted by molar-refractivity contribution is 0.102. The third-order valence-electron chi connectivity index (χ3n) is 3.06. The lowest BCUT2D eigenvalue weighted by Gasteiger charge is -2.12. The van der Waals surface area contributed by atoms with Gasteiger partial charge in [-0.2, -0.15) is 0 Å². The second kappa shape index (κ2) is 5.21. The number of amides is 1. The first kappa shape index (κ1) is 13.9. The van der Waals surface area contributed by atoms with Crippen molar-refractivity contribution >= 4 is 17.3 Å². The smallest absolute Gasteiger partial charge is 0.259 e. The summed E-state index contributed by atoms with van der Waals surface area (Å²) in [4.78, 5) is 12.1. The normalized spacial score (nSPS) is 10.3. The summed E-state index contributed by atoms with van der Waals surface area (Å²) in [5.74, 6) is -1.43. The number of anilines is 2. The summed E-state index contributed by atoms with van der Waals surface area (Å²) in [7, 11) is 0. The van der Waals surface area contributed by atoms with Crippen molar-refractivity contribution in [3.63, 3.8) is 0 Å². The number of carbonyl (C=O) groups excluding carboxylic acids is 1. The van der Waals surface area contributed by atoms with E-state index in [4.69, 9.17) is 5.73 Å². The lowest BCUT2D eigenvalue weighted by Crippen LogP contribution is -2.13. The number of hydrogen-bond donors (Lipinski definition) is 3. The third-order valence-corrected chi connectivity index (χ3v) is 3.06. The molecule has 0 spiro atoms. The lowest BCUT2D eigenvalue weighted by atomic mass is 10.1. The number of benzene rings is 2. The van der Waals surface area contributed by atoms with Crippen LogP contribution in [0.4, 0.5) is 15.8 Å². The predicted octanol–water partition coefficient (Wildman–Crippen LogP) is 2.98.